The van der Waals surface area contributed by atoms with Gasteiger partial charge in [0.1, 0.15) is 5.82 Å². The van der Waals surface area contributed by atoms with E-state index in [1.165, 1.54) is 12.1 Å². The Kier molecular flexibility index (Phi) is 2.76. The molecule has 1 aromatic rings. The first-order chi connectivity index (χ1) is 7.07. The van der Waals surface area contributed by atoms with Gasteiger partial charge in [0.05, 0.1) is 0 Å². The van der Waals surface area contributed by atoms with E-state index in [0.29, 0.717) is 0 Å². The van der Waals surface area contributed by atoms with Crippen molar-refractivity contribution >= 4 is 0 Å². The highest BCUT2D eigenvalue weighted by atomic mass is 19.1. The van der Waals surface area contributed by atoms with E-state index < -0.39 is 0 Å². The van der Waals surface area contributed by atoms with Gasteiger partial charge in [0.2, 0.25) is 0 Å². The Morgan fingerprint density at radius 1 is 1.27 bits per heavy atom. The molecular formula is C12H17FN2. The van der Waals surface area contributed by atoms with Crippen molar-refractivity contribution in [3.63, 3.8) is 0 Å². The Morgan fingerprint density at radius 3 is 2.53 bits per heavy atom. The van der Waals surface area contributed by atoms with E-state index >= 15 is 0 Å². The second kappa shape index (κ2) is 3.91. The van der Waals surface area contributed by atoms with E-state index in [0.717, 1.165) is 18.7 Å². The highest BCUT2D eigenvalue weighted by molar-refractivity contribution is 5.21. The predicted molar refractivity (Wildman–Crippen MR) is 59.2 cm³/mol. The molecule has 0 amide bonds. The third-order valence-electron chi connectivity index (χ3n) is 2.75. The van der Waals surface area contributed by atoms with Crippen LogP contribution in [0.15, 0.2) is 24.3 Å². The zero-order valence-corrected chi connectivity index (χ0v) is 9.18. The van der Waals surface area contributed by atoms with Gasteiger partial charge in [-0.3, -0.25) is 0 Å². The minimum Gasteiger partial charge on any atom is -0.313 e. The van der Waals surface area contributed by atoms with E-state index in [-0.39, 0.29) is 17.4 Å². The first kappa shape index (κ1) is 10.6. The summed E-state index contributed by atoms with van der Waals surface area (Å²) in [5, 5.41) is 6.93. The molecule has 0 aromatic heterocycles. The summed E-state index contributed by atoms with van der Waals surface area (Å²) in [6.45, 7) is 6.19. The number of piperazine rings is 1. The van der Waals surface area contributed by atoms with Crippen molar-refractivity contribution in [1.82, 2.24) is 10.6 Å². The van der Waals surface area contributed by atoms with Crippen LogP contribution in [0.25, 0.3) is 0 Å². The summed E-state index contributed by atoms with van der Waals surface area (Å²) in [6.07, 6.45) is 0. The van der Waals surface area contributed by atoms with Crippen LogP contribution in [0, 0.1) is 5.82 Å². The molecule has 1 atom stereocenters. The van der Waals surface area contributed by atoms with Gasteiger partial charge in [0, 0.05) is 24.7 Å². The van der Waals surface area contributed by atoms with Crippen molar-refractivity contribution in [1.29, 1.82) is 0 Å². The smallest absolute Gasteiger partial charge is 0.123 e. The molecule has 2 rings (SSSR count). The van der Waals surface area contributed by atoms with Crippen LogP contribution < -0.4 is 10.6 Å². The third-order valence-corrected chi connectivity index (χ3v) is 2.75. The minimum atomic E-state index is -0.179. The molecule has 3 heteroatoms. The average Bonchev–Trinajstić information content (AvgIpc) is 2.17. The summed E-state index contributed by atoms with van der Waals surface area (Å²) >= 11 is 0. The maximum atomic E-state index is 12.8. The zero-order valence-electron chi connectivity index (χ0n) is 9.18. The largest absolute Gasteiger partial charge is 0.313 e. The summed E-state index contributed by atoms with van der Waals surface area (Å²) in [5.74, 6) is -0.179. The fourth-order valence-electron chi connectivity index (χ4n) is 2.00. The fraction of sp³-hybridized carbons (Fsp3) is 0.500. The highest BCUT2D eigenvalue weighted by Crippen LogP contribution is 2.19. The molecule has 1 unspecified atom stereocenters. The summed E-state index contributed by atoms with van der Waals surface area (Å²) in [7, 11) is 0. The average molecular weight is 208 g/mol. The molecule has 1 fully saturated rings. The summed E-state index contributed by atoms with van der Waals surface area (Å²) < 4.78 is 12.8. The Hall–Kier alpha value is -0.930. The number of hydrogen-bond donors (Lipinski definition) is 2. The second-order valence-corrected chi connectivity index (χ2v) is 4.76. The van der Waals surface area contributed by atoms with Gasteiger partial charge in [-0.25, -0.2) is 4.39 Å². The molecule has 1 saturated heterocycles. The van der Waals surface area contributed by atoms with E-state index in [1.54, 1.807) is 0 Å². The molecule has 1 aliphatic heterocycles. The van der Waals surface area contributed by atoms with Crippen LogP contribution in [0.1, 0.15) is 25.5 Å². The maximum absolute atomic E-state index is 12.8. The summed E-state index contributed by atoms with van der Waals surface area (Å²) in [4.78, 5) is 0. The van der Waals surface area contributed by atoms with Gasteiger partial charge in [0.25, 0.3) is 0 Å². The van der Waals surface area contributed by atoms with Crippen molar-refractivity contribution in [3.05, 3.63) is 35.6 Å². The van der Waals surface area contributed by atoms with Crippen LogP contribution in [-0.4, -0.2) is 18.6 Å². The fourth-order valence-corrected chi connectivity index (χ4v) is 2.00. The van der Waals surface area contributed by atoms with Crippen LogP contribution in [0.5, 0.6) is 0 Å². The number of hydrogen-bond acceptors (Lipinski definition) is 2. The Labute approximate surface area is 89.9 Å². The van der Waals surface area contributed by atoms with Crippen molar-refractivity contribution in [3.8, 4) is 0 Å². The van der Waals surface area contributed by atoms with Crippen molar-refractivity contribution in [2.45, 2.75) is 25.4 Å². The van der Waals surface area contributed by atoms with Gasteiger partial charge in [-0.2, -0.15) is 0 Å². The Balaban J connectivity index is 2.13. The number of halogens is 1. The molecule has 1 aliphatic rings. The van der Waals surface area contributed by atoms with Crippen molar-refractivity contribution < 1.29 is 4.39 Å². The highest BCUT2D eigenvalue weighted by Gasteiger charge is 2.27. The van der Waals surface area contributed by atoms with Crippen LogP contribution in [0.3, 0.4) is 0 Å². The predicted octanol–water partition coefficient (Wildman–Crippen LogP) is 1.84. The normalized spacial score (nSPS) is 25.1. The van der Waals surface area contributed by atoms with Gasteiger partial charge in [0.15, 0.2) is 0 Å². The molecule has 15 heavy (non-hydrogen) atoms. The van der Waals surface area contributed by atoms with E-state index in [2.05, 4.69) is 24.5 Å². The summed E-state index contributed by atoms with van der Waals surface area (Å²) in [6, 6.07) is 6.98. The lowest BCUT2D eigenvalue weighted by Gasteiger charge is -2.38. The van der Waals surface area contributed by atoms with Crippen LogP contribution >= 0.6 is 0 Å². The lowest BCUT2D eigenvalue weighted by molar-refractivity contribution is 0.264. The van der Waals surface area contributed by atoms with Gasteiger partial charge in [-0.15, -0.1) is 0 Å². The lowest BCUT2D eigenvalue weighted by atomic mass is 9.96. The second-order valence-electron chi connectivity index (χ2n) is 4.76. The number of nitrogens with one attached hydrogen (secondary N) is 2. The Bertz CT molecular complexity index is 332. The zero-order chi connectivity index (χ0) is 10.9. The molecule has 0 bridgehead atoms. The van der Waals surface area contributed by atoms with Gasteiger partial charge >= 0.3 is 0 Å². The van der Waals surface area contributed by atoms with Gasteiger partial charge < -0.3 is 10.6 Å². The van der Waals surface area contributed by atoms with Crippen LogP contribution in [0.2, 0.25) is 0 Å². The molecule has 0 radical (unpaired) electrons. The number of rotatable bonds is 1. The first-order valence-corrected chi connectivity index (χ1v) is 5.31. The molecule has 1 heterocycles. The lowest BCUT2D eigenvalue weighted by Crippen LogP contribution is -2.56. The molecule has 2 N–H and O–H groups in total. The van der Waals surface area contributed by atoms with E-state index in [4.69, 9.17) is 0 Å². The minimum absolute atomic E-state index is 0.0945. The molecule has 0 aliphatic carbocycles. The third kappa shape index (κ3) is 2.55. The van der Waals surface area contributed by atoms with E-state index in [9.17, 15) is 4.39 Å². The maximum Gasteiger partial charge on any atom is 0.123 e. The SMILES string of the molecule is CC1(C)CNCC(c2ccc(F)cc2)N1. The molecule has 0 spiro atoms. The van der Waals surface area contributed by atoms with Gasteiger partial charge in [-0.05, 0) is 31.5 Å². The first-order valence-electron chi connectivity index (χ1n) is 5.31. The quantitative estimate of drug-likeness (QED) is 0.736. The summed E-state index contributed by atoms with van der Waals surface area (Å²) in [5.41, 5.74) is 1.23. The monoisotopic (exact) mass is 208 g/mol. The van der Waals surface area contributed by atoms with Crippen molar-refractivity contribution in [2.75, 3.05) is 13.1 Å². The molecule has 82 valence electrons. The molecule has 1 aromatic carbocycles. The Morgan fingerprint density at radius 2 is 1.93 bits per heavy atom. The van der Waals surface area contributed by atoms with Crippen LogP contribution in [-0.2, 0) is 0 Å². The standard InChI is InChI=1S/C12H17FN2/c1-12(2)8-14-7-11(15-12)9-3-5-10(13)6-4-9/h3-6,11,14-15H,7-8H2,1-2H3. The number of benzene rings is 1. The topological polar surface area (TPSA) is 24.1 Å². The van der Waals surface area contributed by atoms with Gasteiger partial charge in [-0.1, -0.05) is 12.1 Å². The van der Waals surface area contributed by atoms with Crippen LogP contribution in [0.4, 0.5) is 4.39 Å². The molecular weight excluding hydrogens is 191 g/mol. The molecule has 0 saturated carbocycles. The van der Waals surface area contributed by atoms with Crippen molar-refractivity contribution in [2.24, 2.45) is 0 Å². The van der Waals surface area contributed by atoms with E-state index in [1.807, 2.05) is 12.1 Å². The molecule has 2 nitrogen and oxygen atoms in total.